The summed E-state index contributed by atoms with van der Waals surface area (Å²) in [7, 11) is 0. The number of anilines is 1. The van der Waals surface area contributed by atoms with Crippen molar-refractivity contribution >= 4 is 17.2 Å². The molecular weight excluding hydrogens is 338 g/mol. The highest BCUT2D eigenvalue weighted by Crippen LogP contribution is 2.18. The van der Waals surface area contributed by atoms with Gasteiger partial charge in [-0.05, 0) is 24.3 Å². The monoisotopic (exact) mass is 349 g/mol. The summed E-state index contributed by atoms with van der Waals surface area (Å²) in [5.74, 6) is -1.03. The minimum atomic E-state index is -0.676. The van der Waals surface area contributed by atoms with Crippen molar-refractivity contribution in [3.63, 3.8) is 0 Å². The van der Waals surface area contributed by atoms with Gasteiger partial charge in [0.05, 0.1) is 0 Å². The van der Waals surface area contributed by atoms with Gasteiger partial charge in [-0.2, -0.15) is 0 Å². The molecule has 4 aromatic rings. The number of rotatable bonds is 3. The van der Waals surface area contributed by atoms with Crippen LogP contribution in [0, 0.1) is 0 Å². The molecule has 0 aliphatic carbocycles. The van der Waals surface area contributed by atoms with Crippen LogP contribution in [0.25, 0.3) is 17.0 Å². The van der Waals surface area contributed by atoms with E-state index >= 15 is 0 Å². The molecule has 0 spiro atoms. The van der Waals surface area contributed by atoms with E-state index in [0.29, 0.717) is 16.9 Å². The molecule has 1 amide bonds. The summed E-state index contributed by atoms with van der Waals surface area (Å²) in [6.45, 7) is 0. The zero-order valence-electron chi connectivity index (χ0n) is 13.2. The van der Waals surface area contributed by atoms with E-state index in [9.17, 15) is 14.4 Å². The molecule has 0 unspecified atom stereocenters. The fourth-order valence-electron chi connectivity index (χ4n) is 2.48. The van der Waals surface area contributed by atoms with E-state index in [0.717, 1.165) is 0 Å². The zero-order valence-corrected chi connectivity index (χ0v) is 13.2. The van der Waals surface area contributed by atoms with E-state index in [1.165, 1.54) is 10.6 Å². The second kappa shape index (κ2) is 6.13. The molecule has 9 heteroatoms. The van der Waals surface area contributed by atoms with Crippen molar-refractivity contribution in [1.29, 1.82) is 0 Å². The van der Waals surface area contributed by atoms with Crippen LogP contribution in [-0.4, -0.2) is 25.4 Å². The Kier molecular flexibility index (Phi) is 3.66. The van der Waals surface area contributed by atoms with Gasteiger partial charge in [0.1, 0.15) is 11.2 Å². The number of nitrogens with zero attached hydrogens (tertiary/aromatic N) is 3. The molecule has 0 atom stereocenters. The topological polar surface area (TPSA) is 122 Å². The van der Waals surface area contributed by atoms with Crippen LogP contribution in [0.2, 0.25) is 0 Å². The van der Waals surface area contributed by atoms with Crippen molar-refractivity contribution in [3.8, 4) is 11.4 Å². The zero-order chi connectivity index (χ0) is 18.1. The Bertz CT molecular complexity index is 1240. The molecule has 3 heterocycles. The maximum Gasteiger partial charge on any atom is 0.439 e. The first-order valence-electron chi connectivity index (χ1n) is 7.56. The van der Waals surface area contributed by atoms with Gasteiger partial charge in [-0.1, -0.05) is 23.4 Å². The van der Waals surface area contributed by atoms with Crippen LogP contribution in [0.3, 0.4) is 0 Å². The van der Waals surface area contributed by atoms with Gasteiger partial charge in [-0.3, -0.25) is 23.5 Å². The van der Waals surface area contributed by atoms with Gasteiger partial charge < -0.3 is 5.32 Å². The third-order valence-corrected chi connectivity index (χ3v) is 3.69. The second-order valence-electron chi connectivity index (χ2n) is 5.38. The molecule has 0 aliphatic heterocycles. The van der Waals surface area contributed by atoms with E-state index in [-0.39, 0.29) is 11.4 Å². The normalized spacial score (nSPS) is 10.8. The molecule has 1 aromatic carbocycles. The van der Waals surface area contributed by atoms with Crippen molar-refractivity contribution in [3.05, 3.63) is 81.3 Å². The summed E-state index contributed by atoms with van der Waals surface area (Å²) in [5.41, 5.74) is 0.862. The van der Waals surface area contributed by atoms with Crippen LogP contribution in [0.1, 0.15) is 10.4 Å². The lowest BCUT2D eigenvalue weighted by Crippen LogP contribution is -2.26. The number of H-pyrrole nitrogens is 1. The Balaban J connectivity index is 1.66. The molecule has 0 radical (unpaired) electrons. The fourth-order valence-corrected chi connectivity index (χ4v) is 2.48. The van der Waals surface area contributed by atoms with Crippen molar-refractivity contribution in [2.75, 3.05) is 5.32 Å². The minimum absolute atomic E-state index is 0.0889. The highest BCUT2D eigenvalue weighted by atomic mass is 16.5. The third-order valence-electron chi connectivity index (χ3n) is 3.69. The van der Waals surface area contributed by atoms with Crippen LogP contribution in [0.5, 0.6) is 0 Å². The molecule has 0 bridgehead atoms. The lowest BCUT2D eigenvalue weighted by atomic mass is 10.2. The SMILES string of the molecule is O=C(Nc1cccc(-c2noc(=O)[nH]2)c1)c1cnc2ccccn2c1=O. The number of carbonyl (C=O) groups excluding carboxylic acids is 1. The van der Waals surface area contributed by atoms with Crippen LogP contribution in [-0.2, 0) is 0 Å². The summed E-state index contributed by atoms with van der Waals surface area (Å²) in [6, 6.07) is 11.7. The lowest BCUT2D eigenvalue weighted by Gasteiger charge is -2.07. The molecular formula is C17H11N5O4. The Labute approximate surface area is 144 Å². The smallest absolute Gasteiger partial charge is 0.322 e. The van der Waals surface area contributed by atoms with Gasteiger partial charge in [0.25, 0.3) is 11.5 Å². The second-order valence-corrected chi connectivity index (χ2v) is 5.38. The minimum Gasteiger partial charge on any atom is -0.322 e. The number of fused-ring (bicyclic) bond motifs is 1. The first kappa shape index (κ1) is 15.5. The van der Waals surface area contributed by atoms with E-state index in [4.69, 9.17) is 0 Å². The maximum absolute atomic E-state index is 12.5. The summed E-state index contributed by atoms with van der Waals surface area (Å²) in [6.07, 6.45) is 2.79. The number of amides is 1. The molecule has 2 N–H and O–H groups in total. The van der Waals surface area contributed by atoms with Crippen LogP contribution < -0.4 is 16.6 Å². The van der Waals surface area contributed by atoms with Crippen molar-refractivity contribution in [1.82, 2.24) is 19.5 Å². The Morgan fingerprint density at radius 3 is 2.85 bits per heavy atom. The van der Waals surface area contributed by atoms with Gasteiger partial charge in [0, 0.05) is 23.6 Å². The summed E-state index contributed by atoms with van der Waals surface area (Å²) in [5, 5.41) is 6.23. The first-order chi connectivity index (χ1) is 12.6. The molecule has 0 saturated heterocycles. The molecule has 4 rings (SSSR count). The molecule has 0 fully saturated rings. The Morgan fingerprint density at radius 1 is 1.15 bits per heavy atom. The highest BCUT2D eigenvalue weighted by Gasteiger charge is 2.14. The predicted octanol–water partition coefficient (Wildman–Crippen LogP) is 1.29. The van der Waals surface area contributed by atoms with E-state index < -0.39 is 17.2 Å². The molecule has 0 saturated carbocycles. The standard InChI is InChI=1S/C17H11N5O4/c23-15(12-9-18-13-6-1-2-7-22(13)16(12)24)19-11-5-3-4-10(8-11)14-20-17(25)26-21-14/h1-9H,(H,19,23)(H,20,21,25). The largest absolute Gasteiger partial charge is 0.439 e. The number of pyridine rings is 1. The molecule has 0 aliphatic rings. The third kappa shape index (κ3) is 2.77. The summed E-state index contributed by atoms with van der Waals surface area (Å²) < 4.78 is 5.76. The average molecular weight is 349 g/mol. The molecule has 9 nitrogen and oxygen atoms in total. The van der Waals surface area contributed by atoms with Crippen molar-refractivity contribution in [2.45, 2.75) is 0 Å². The number of hydrogen-bond acceptors (Lipinski definition) is 6. The Hall–Kier alpha value is -4.01. The number of carbonyl (C=O) groups is 1. The van der Waals surface area contributed by atoms with Gasteiger partial charge in [0.2, 0.25) is 0 Å². The lowest BCUT2D eigenvalue weighted by molar-refractivity contribution is 0.102. The fraction of sp³-hybridized carbons (Fsp3) is 0. The van der Waals surface area contributed by atoms with Crippen LogP contribution in [0.15, 0.2) is 69.0 Å². The van der Waals surface area contributed by atoms with E-state index in [1.54, 1.807) is 48.7 Å². The number of aromatic nitrogens is 4. The first-order valence-corrected chi connectivity index (χ1v) is 7.56. The van der Waals surface area contributed by atoms with Crippen molar-refractivity contribution in [2.24, 2.45) is 0 Å². The number of hydrogen-bond donors (Lipinski definition) is 2. The molecule has 128 valence electrons. The number of aromatic amines is 1. The maximum atomic E-state index is 12.5. The van der Waals surface area contributed by atoms with E-state index in [2.05, 4.69) is 25.0 Å². The van der Waals surface area contributed by atoms with Gasteiger partial charge in [0.15, 0.2) is 5.82 Å². The van der Waals surface area contributed by atoms with Gasteiger partial charge >= 0.3 is 5.76 Å². The van der Waals surface area contributed by atoms with Crippen molar-refractivity contribution < 1.29 is 9.32 Å². The van der Waals surface area contributed by atoms with Gasteiger partial charge in [-0.15, -0.1) is 0 Å². The number of benzene rings is 1. The summed E-state index contributed by atoms with van der Waals surface area (Å²) >= 11 is 0. The summed E-state index contributed by atoms with van der Waals surface area (Å²) in [4.78, 5) is 42.5. The molecule has 3 aromatic heterocycles. The van der Waals surface area contributed by atoms with E-state index in [1.807, 2.05) is 0 Å². The predicted molar refractivity (Wildman–Crippen MR) is 92.0 cm³/mol. The van der Waals surface area contributed by atoms with Gasteiger partial charge in [-0.25, -0.2) is 9.78 Å². The quantitative estimate of drug-likeness (QED) is 0.575. The number of nitrogens with one attached hydrogen (secondary N) is 2. The highest BCUT2D eigenvalue weighted by molar-refractivity contribution is 6.04. The Morgan fingerprint density at radius 2 is 2.04 bits per heavy atom. The average Bonchev–Trinajstić information content (AvgIpc) is 3.09. The van der Waals surface area contributed by atoms with Crippen LogP contribution >= 0.6 is 0 Å². The van der Waals surface area contributed by atoms with Crippen LogP contribution in [0.4, 0.5) is 5.69 Å². The molecule has 26 heavy (non-hydrogen) atoms.